The van der Waals surface area contributed by atoms with Crippen LogP contribution < -0.4 is 37.6 Å². The highest BCUT2D eigenvalue weighted by Crippen LogP contribution is 2.25. The van der Waals surface area contributed by atoms with Gasteiger partial charge in [0.15, 0.2) is 0 Å². The van der Waals surface area contributed by atoms with Crippen LogP contribution in [0, 0.1) is 0 Å². The zero-order chi connectivity index (χ0) is 57.5. The number of carbonyl (C=O) groups excluding carboxylic acids is 8. The molecule has 9 atom stereocenters. The van der Waals surface area contributed by atoms with Gasteiger partial charge in [0, 0.05) is 79.3 Å². The van der Waals surface area contributed by atoms with Gasteiger partial charge in [0.05, 0.1) is 19.0 Å². The number of thiol groups is 2. The highest BCUT2D eigenvalue weighted by molar-refractivity contribution is 7.80. The zero-order valence-electron chi connectivity index (χ0n) is 43.5. The van der Waals surface area contributed by atoms with E-state index in [0.29, 0.717) is 29.7 Å². The Morgan fingerprint density at radius 1 is 0.613 bits per heavy atom. The average Bonchev–Trinajstić information content (AvgIpc) is 4.33. The molecule has 26 heteroatoms. The number of aromatic hydroxyl groups is 1. The smallest absolute Gasteiger partial charge is 0.327 e. The van der Waals surface area contributed by atoms with Crippen LogP contribution in [0.2, 0.25) is 0 Å². The first-order valence-electron chi connectivity index (χ1n) is 26.1. The van der Waals surface area contributed by atoms with E-state index in [2.05, 4.69) is 72.1 Å². The number of carboxylic acid groups (broad SMARTS) is 1. The lowest BCUT2D eigenvalue weighted by molar-refractivity contribution is -0.144. The van der Waals surface area contributed by atoms with Crippen LogP contribution in [-0.4, -0.2) is 179 Å². The predicted octanol–water partition coefficient (Wildman–Crippen LogP) is -0.978. The third-order valence-electron chi connectivity index (χ3n) is 14.1. The predicted molar refractivity (Wildman–Crippen MR) is 298 cm³/mol. The van der Waals surface area contributed by atoms with Crippen LogP contribution in [0.3, 0.4) is 0 Å². The van der Waals surface area contributed by atoms with Crippen molar-refractivity contribution in [1.29, 1.82) is 0 Å². The maximum atomic E-state index is 14.8. The van der Waals surface area contributed by atoms with Gasteiger partial charge in [0.1, 0.15) is 54.1 Å². The number of likely N-dealkylation sites (tertiary alicyclic amines) is 2. The van der Waals surface area contributed by atoms with E-state index in [0.717, 1.165) is 16.5 Å². The average molecular weight is 1140 g/mol. The fourth-order valence-electron chi connectivity index (χ4n) is 9.77. The summed E-state index contributed by atoms with van der Waals surface area (Å²) in [5.74, 6) is -7.71. The number of carbonyl (C=O) groups is 9. The standard InChI is InChI=1S/C54H66N12O12S2/c55-36(27-79)46(69)61-41(22-32-24-57-37-11-5-4-10-35(32)37)53(76)66-19-6-12-44(66)50(73)62-40(21-31-14-16-34(68)17-15-31)52(75)65-18-7-13-45(65)51(74)63-42(26-67)49(72)60-39(23-33-25-56-29-58-33)48(71)59-38(20-30-8-2-1-3-9-30)47(70)64-43(28-80)54(77)78/h1-5,8-11,14-17,24-25,29,36,38-45,57,67-68,79-80H,6-7,12-13,18-23,26-28,55H2,(H,56,58)(H,59,71)(H,60,72)(H,61,69)(H,62,73)(H,63,74)(H,64,70)(H,77,78)/t36-,38-,39-,40-,41-,42-,43-,44-,45-/m0/s1. The van der Waals surface area contributed by atoms with Crippen molar-refractivity contribution in [3.05, 3.63) is 120 Å². The Balaban J connectivity index is 1.06. The summed E-state index contributed by atoms with van der Waals surface area (Å²) >= 11 is 8.18. The van der Waals surface area contributed by atoms with Gasteiger partial charge in [-0.15, -0.1) is 0 Å². The van der Waals surface area contributed by atoms with Gasteiger partial charge >= 0.3 is 5.97 Å². The van der Waals surface area contributed by atoms with Crippen molar-refractivity contribution in [2.24, 2.45) is 5.73 Å². The topological polar surface area (TPSA) is 363 Å². The maximum Gasteiger partial charge on any atom is 0.327 e. The number of phenolic OH excluding ortho intramolecular Hbond substituents is 1. The van der Waals surface area contributed by atoms with E-state index in [9.17, 15) is 58.5 Å². The monoisotopic (exact) mass is 1140 g/mol. The number of nitrogens with zero attached hydrogens (tertiary/aromatic N) is 3. The van der Waals surface area contributed by atoms with Crippen LogP contribution in [0.15, 0.2) is 97.6 Å². The van der Waals surface area contributed by atoms with Crippen molar-refractivity contribution < 1.29 is 58.5 Å². The van der Waals surface area contributed by atoms with Crippen LogP contribution in [0.4, 0.5) is 0 Å². The second-order valence-corrected chi connectivity index (χ2v) is 20.4. The van der Waals surface area contributed by atoms with Crippen LogP contribution >= 0.6 is 25.3 Å². The molecule has 0 bridgehead atoms. The summed E-state index contributed by atoms with van der Waals surface area (Å²) in [7, 11) is 0. The molecule has 4 heterocycles. The number of para-hydroxylation sites is 1. The number of aliphatic hydroxyl groups excluding tert-OH is 1. The van der Waals surface area contributed by atoms with Crippen LogP contribution in [0.5, 0.6) is 5.75 Å². The van der Waals surface area contributed by atoms with Gasteiger partial charge in [-0.2, -0.15) is 25.3 Å². The van der Waals surface area contributed by atoms with Gasteiger partial charge in [0.25, 0.3) is 0 Å². The molecule has 0 radical (unpaired) electrons. The van der Waals surface area contributed by atoms with Gasteiger partial charge in [-0.25, -0.2) is 9.78 Å². The molecule has 8 amide bonds. The minimum atomic E-state index is -1.68. The number of aromatic amines is 2. The molecule has 2 aliphatic heterocycles. The maximum absolute atomic E-state index is 14.8. The second kappa shape index (κ2) is 28.3. The number of nitrogens with one attached hydrogen (secondary N) is 8. The SMILES string of the molecule is N[C@@H](CS)C(=O)N[C@@H](Cc1c[nH]c2ccccc12)C(=O)N1CCC[C@H]1C(=O)N[C@@H](Cc1ccc(O)cc1)C(=O)N1CCC[C@H]1C(=O)N[C@@H](CO)C(=O)N[C@@H](Cc1cnc[nH]1)C(=O)N[C@@H](Cc1ccccc1)C(=O)N[C@@H](CS)C(=O)O. The molecular formula is C54H66N12O12S2. The highest BCUT2D eigenvalue weighted by atomic mass is 32.1. The Hall–Kier alpha value is -7.94. The van der Waals surface area contributed by atoms with Gasteiger partial charge in [0.2, 0.25) is 47.3 Å². The molecule has 2 aromatic heterocycles. The van der Waals surface area contributed by atoms with Gasteiger partial charge < -0.3 is 72.7 Å². The number of aliphatic hydroxyl groups is 1. The van der Waals surface area contributed by atoms with Crippen molar-refractivity contribution >= 4 is 89.4 Å². The first-order valence-corrected chi connectivity index (χ1v) is 27.3. The molecule has 0 aliphatic carbocycles. The van der Waals surface area contributed by atoms with Crippen LogP contribution in [0.1, 0.15) is 48.1 Å². The van der Waals surface area contributed by atoms with E-state index >= 15 is 0 Å². The summed E-state index contributed by atoms with van der Waals surface area (Å²) in [5.41, 5.74) is 9.10. The summed E-state index contributed by atoms with van der Waals surface area (Å²) in [4.78, 5) is 137. The number of nitrogens with two attached hydrogens (primary N) is 1. The van der Waals surface area contributed by atoms with Crippen molar-refractivity contribution in [3.8, 4) is 5.75 Å². The molecule has 5 aromatic rings. The molecule has 0 saturated carbocycles. The Morgan fingerprint density at radius 2 is 1.14 bits per heavy atom. The number of hydrogen-bond donors (Lipinski definition) is 14. The number of benzene rings is 3. The Bertz CT molecular complexity index is 2990. The summed E-state index contributed by atoms with van der Waals surface area (Å²) in [6, 6.07) is 10.3. The summed E-state index contributed by atoms with van der Waals surface area (Å²) in [5, 5.41) is 46.7. The number of rotatable bonds is 26. The van der Waals surface area contributed by atoms with Crippen molar-refractivity contribution in [2.75, 3.05) is 31.2 Å². The zero-order valence-corrected chi connectivity index (χ0v) is 45.2. The number of amides is 8. The highest BCUT2D eigenvalue weighted by Gasteiger charge is 2.43. The van der Waals surface area contributed by atoms with Crippen LogP contribution in [-0.2, 0) is 68.8 Å². The Kier molecular flexibility index (Phi) is 21.1. The third-order valence-corrected chi connectivity index (χ3v) is 14.8. The van der Waals surface area contributed by atoms with E-state index < -0.39 is 114 Å². The fourth-order valence-corrected chi connectivity index (χ4v) is 10.2. The molecule has 13 N–H and O–H groups in total. The number of phenols is 1. The lowest BCUT2D eigenvalue weighted by Crippen LogP contribution is -2.61. The molecule has 0 unspecified atom stereocenters. The number of imidazole rings is 1. The molecular weight excluding hydrogens is 1070 g/mol. The van der Waals surface area contributed by atoms with Crippen molar-refractivity contribution in [3.63, 3.8) is 0 Å². The number of hydrogen-bond acceptors (Lipinski definition) is 15. The van der Waals surface area contributed by atoms with E-state index in [1.807, 2.05) is 24.3 Å². The number of carboxylic acids is 1. The number of fused-ring (bicyclic) bond motifs is 1. The fraction of sp³-hybridized carbons (Fsp3) is 0.407. The van der Waals surface area contributed by atoms with Gasteiger partial charge in [-0.3, -0.25) is 38.4 Å². The quantitative estimate of drug-likeness (QED) is 0.0296. The molecule has 2 saturated heterocycles. The first kappa shape index (κ1) is 59.7. The molecule has 7 rings (SSSR count). The molecule has 426 valence electrons. The normalized spacial score (nSPS) is 17.7. The third kappa shape index (κ3) is 15.5. The molecule has 80 heavy (non-hydrogen) atoms. The lowest BCUT2D eigenvalue weighted by atomic mass is 10.0. The summed E-state index contributed by atoms with van der Waals surface area (Å²) in [6.45, 7) is -0.745. The molecule has 24 nitrogen and oxygen atoms in total. The number of H-pyrrole nitrogens is 2. The molecule has 0 spiro atoms. The van der Waals surface area contributed by atoms with E-state index in [-0.39, 0.29) is 68.9 Å². The van der Waals surface area contributed by atoms with Crippen LogP contribution in [0.25, 0.3) is 10.9 Å². The van der Waals surface area contributed by atoms with E-state index in [4.69, 9.17) is 5.73 Å². The second-order valence-electron chi connectivity index (χ2n) is 19.6. The molecule has 3 aromatic carbocycles. The number of aromatic nitrogens is 3. The minimum Gasteiger partial charge on any atom is -0.508 e. The Morgan fingerprint density at radius 3 is 1.71 bits per heavy atom. The molecule has 2 aliphatic rings. The van der Waals surface area contributed by atoms with Crippen molar-refractivity contribution in [1.82, 2.24) is 56.7 Å². The van der Waals surface area contributed by atoms with Crippen molar-refractivity contribution in [2.45, 2.75) is 106 Å². The lowest BCUT2D eigenvalue weighted by Gasteiger charge is -2.32. The van der Waals surface area contributed by atoms with E-state index in [1.165, 1.54) is 34.5 Å². The molecule has 2 fully saturated rings. The largest absolute Gasteiger partial charge is 0.508 e. The minimum absolute atomic E-state index is 0.00834. The summed E-state index contributed by atoms with van der Waals surface area (Å²) < 4.78 is 0. The van der Waals surface area contributed by atoms with Gasteiger partial charge in [-0.1, -0.05) is 60.7 Å². The summed E-state index contributed by atoms with van der Waals surface area (Å²) in [6.07, 6.45) is 5.24. The number of aliphatic carboxylic acids is 1. The van der Waals surface area contributed by atoms with Gasteiger partial charge in [-0.05, 0) is 60.6 Å². The first-order chi connectivity index (χ1) is 38.5. The van der Waals surface area contributed by atoms with E-state index in [1.54, 1.807) is 48.7 Å². The Labute approximate surface area is 471 Å².